The van der Waals surface area contributed by atoms with Gasteiger partial charge in [0.25, 0.3) is 0 Å². The third kappa shape index (κ3) is 5.83. The first-order valence-corrected chi connectivity index (χ1v) is 10.5. The molecule has 2 saturated heterocycles. The number of nitrogens with one attached hydrogen (secondary N) is 1. The summed E-state index contributed by atoms with van der Waals surface area (Å²) in [6, 6.07) is 12.5. The smallest absolute Gasteiger partial charge is 0.140 e. The third-order valence-electron chi connectivity index (χ3n) is 4.82. The van der Waals surface area contributed by atoms with Gasteiger partial charge in [-0.3, -0.25) is 0 Å². The van der Waals surface area contributed by atoms with Crippen molar-refractivity contribution in [2.75, 3.05) is 26.9 Å². The van der Waals surface area contributed by atoms with Crippen molar-refractivity contribution in [1.29, 1.82) is 0 Å². The molecule has 0 aromatic heterocycles. The van der Waals surface area contributed by atoms with Crippen molar-refractivity contribution in [3.05, 3.63) is 69.7 Å². The van der Waals surface area contributed by atoms with E-state index in [2.05, 4.69) is 21.4 Å². The lowest BCUT2D eigenvalue weighted by Crippen LogP contribution is -2.49. The minimum atomic E-state index is -0.710. The predicted molar refractivity (Wildman–Crippen MR) is 112 cm³/mol. The van der Waals surface area contributed by atoms with E-state index in [0.29, 0.717) is 32.0 Å². The zero-order valence-corrected chi connectivity index (χ0v) is 18.6. The fourth-order valence-corrected chi connectivity index (χ4v) is 3.73. The molecule has 0 saturated carbocycles. The molecule has 0 spiro atoms. The number of methoxy groups -OCH3 is 1. The average Bonchev–Trinajstić information content (AvgIpc) is 3.19. The first-order valence-electron chi connectivity index (χ1n) is 9.71. The van der Waals surface area contributed by atoms with Crippen LogP contribution in [0.3, 0.4) is 0 Å². The van der Waals surface area contributed by atoms with Crippen molar-refractivity contribution in [2.24, 2.45) is 5.92 Å². The van der Waals surface area contributed by atoms with Gasteiger partial charge in [0.2, 0.25) is 0 Å². The molecule has 4 nitrogen and oxygen atoms in total. The Bertz CT molecular complexity index is 763. The molecule has 2 unspecified atom stereocenters. The van der Waals surface area contributed by atoms with Crippen LogP contribution in [0, 0.1) is 17.6 Å². The van der Waals surface area contributed by atoms with Gasteiger partial charge in [0.15, 0.2) is 0 Å². The zero-order valence-electron chi connectivity index (χ0n) is 17.0. The van der Waals surface area contributed by atoms with E-state index in [-0.39, 0.29) is 10.4 Å². The second-order valence-electron chi connectivity index (χ2n) is 6.59. The second kappa shape index (κ2) is 11.7. The van der Waals surface area contributed by atoms with Gasteiger partial charge in [-0.1, -0.05) is 44.2 Å². The van der Waals surface area contributed by atoms with Gasteiger partial charge in [0.05, 0.1) is 29.8 Å². The minimum Gasteiger partial charge on any atom is -0.380 e. The Morgan fingerprint density at radius 3 is 2.59 bits per heavy atom. The van der Waals surface area contributed by atoms with Crippen LogP contribution in [0.5, 0.6) is 0 Å². The van der Waals surface area contributed by atoms with Crippen molar-refractivity contribution in [3.8, 4) is 0 Å². The van der Waals surface area contributed by atoms with E-state index in [4.69, 9.17) is 14.3 Å². The maximum absolute atomic E-state index is 14.0. The highest BCUT2D eigenvalue weighted by Gasteiger charge is 2.49. The van der Waals surface area contributed by atoms with Gasteiger partial charge in [0, 0.05) is 31.3 Å². The highest BCUT2D eigenvalue weighted by molar-refractivity contribution is 9.10. The van der Waals surface area contributed by atoms with E-state index in [1.807, 2.05) is 44.2 Å². The molecule has 2 aliphatic heterocycles. The van der Waals surface area contributed by atoms with Crippen molar-refractivity contribution >= 4 is 15.9 Å². The van der Waals surface area contributed by atoms with Crippen molar-refractivity contribution in [1.82, 2.24) is 5.48 Å². The van der Waals surface area contributed by atoms with Crippen LogP contribution >= 0.6 is 15.9 Å². The Hall–Kier alpha value is -1.38. The summed E-state index contributed by atoms with van der Waals surface area (Å²) in [5.74, 6) is -1.05. The SMILES string of the molecule is CC.COCc1ccccc1.Fc1cc(F)c(C23COCCC2CON3)cc1Br. The lowest BCUT2D eigenvalue weighted by atomic mass is 9.77. The molecular weight excluding hydrogens is 444 g/mol. The number of hydrogen-bond acceptors (Lipinski definition) is 4. The van der Waals surface area contributed by atoms with Gasteiger partial charge in [0.1, 0.15) is 11.6 Å². The summed E-state index contributed by atoms with van der Waals surface area (Å²) < 4.78 is 38.0. The molecule has 0 radical (unpaired) electrons. The van der Waals surface area contributed by atoms with Crippen LogP contribution in [-0.4, -0.2) is 26.9 Å². The highest BCUT2D eigenvalue weighted by Crippen LogP contribution is 2.41. The molecule has 1 N–H and O–H groups in total. The second-order valence-corrected chi connectivity index (χ2v) is 7.44. The number of hydroxylamine groups is 1. The van der Waals surface area contributed by atoms with Crippen LogP contribution in [0.1, 0.15) is 31.4 Å². The lowest BCUT2D eigenvalue weighted by molar-refractivity contribution is -0.0226. The predicted octanol–water partition coefficient (Wildman–Crippen LogP) is 5.35. The molecular formula is C22H28BrF2NO3. The van der Waals surface area contributed by atoms with Gasteiger partial charge in [-0.25, -0.2) is 8.78 Å². The quantitative estimate of drug-likeness (QED) is 0.612. The van der Waals surface area contributed by atoms with Crippen LogP contribution in [0.2, 0.25) is 0 Å². The first kappa shape index (κ1) is 23.9. The van der Waals surface area contributed by atoms with Crippen LogP contribution in [0.4, 0.5) is 8.78 Å². The molecule has 7 heteroatoms. The number of ether oxygens (including phenoxy) is 2. The zero-order chi connectivity index (χ0) is 21.3. The third-order valence-corrected chi connectivity index (χ3v) is 5.43. The van der Waals surface area contributed by atoms with Crippen LogP contribution in [0.15, 0.2) is 46.9 Å². The monoisotopic (exact) mass is 471 g/mol. The summed E-state index contributed by atoms with van der Waals surface area (Å²) in [5.41, 5.74) is 3.77. The number of benzene rings is 2. The Morgan fingerprint density at radius 1 is 1.17 bits per heavy atom. The standard InChI is InChI=1S/C12H12BrF2NO2.C8H10O.C2H6/c13-9-3-8(10(14)4-11(9)15)12-6-17-2-1-7(12)5-18-16-12;1-9-7-8-5-3-2-4-6-8;1-2/h3-4,7,16H,1-2,5-6H2;2-6H,7H2,1H3;1-2H3. The first-order chi connectivity index (χ1) is 14.1. The van der Waals surface area contributed by atoms with Crippen molar-refractivity contribution < 1.29 is 23.1 Å². The largest absolute Gasteiger partial charge is 0.380 e. The summed E-state index contributed by atoms with van der Waals surface area (Å²) in [6.45, 7) is 6.19. The molecule has 2 aromatic rings. The van der Waals surface area contributed by atoms with E-state index in [0.717, 1.165) is 12.5 Å². The van der Waals surface area contributed by atoms with Crippen LogP contribution in [0.25, 0.3) is 0 Å². The summed E-state index contributed by atoms with van der Waals surface area (Å²) >= 11 is 3.09. The fraction of sp³-hybridized carbons (Fsp3) is 0.455. The normalized spacial score (nSPS) is 22.6. The highest BCUT2D eigenvalue weighted by atomic mass is 79.9. The lowest BCUT2D eigenvalue weighted by Gasteiger charge is -2.37. The van der Waals surface area contributed by atoms with E-state index < -0.39 is 17.2 Å². The van der Waals surface area contributed by atoms with E-state index in [1.54, 1.807) is 7.11 Å². The molecule has 2 fully saturated rings. The Morgan fingerprint density at radius 2 is 1.90 bits per heavy atom. The van der Waals surface area contributed by atoms with Crippen LogP contribution < -0.4 is 5.48 Å². The molecule has 2 atom stereocenters. The minimum absolute atomic E-state index is 0.137. The number of rotatable bonds is 3. The summed E-state index contributed by atoms with van der Waals surface area (Å²) in [6.07, 6.45) is 0.793. The Labute approximate surface area is 179 Å². The molecule has 0 bridgehead atoms. The molecule has 2 aliphatic rings. The number of fused-ring (bicyclic) bond motifs is 1. The van der Waals surface area contributed by atoms with Crippen molar-refractivity contribution in [2.45, 2.75) is 32.4 Å². The fourth-order valence-electron chi connectivity index (χ4n) is 3.39. The number of halogens is 3. The Balaban J connectivity index is 0.000000231. The van der Waals surface area contributed by atoms with E-state index >= 15 is 0 Å². The molecule has 0 amide bonds. The summed E-state index contributed by atoms with van der Waals surface area (Å²) in [5, 5.41) is 0. The molecule has 160 valence electrons. The maximum Gasteiger partial charge on any atom is 0.140 e. The van der Waals surface area contributed by atoms with Crippen molar-refractivity contribution in [3.63, 3.8) is 0 Å². The molecule has 29 heavy (non-hydrogen) atoms. The van der Waals surface area contributed by atoms with E-state index in [1.165, 1.54) is 11.6 Å². The van der Waals surface area contributed by atoms with Crippen LogP contribution in [-0.2, 0) is 26.5 Å². The summed E-state index contributed by atoms with van der Waals surface area (Å²) in [7, 11) is 1.70. The van der Waals surface area contributed by atoms with Gasteiger partial charge < -0.3 is 14.3 Å². The average molecular weight is 472 g/mol. The van der Waals surface area contributed by atoms with E-state index in [9.17, 15) is 8.78 Å². The molecule has 2 aromatic carbocycles. The maximum atomic E-state index is 14.0. The van der Waals surface area contributed by atoms with Gasteiger partial charge in [-0.05, 0) is 34.0 Å². The van der Waals surface area contributed by atoms with Gasteiger partial charge >= 0.3 is 0 Å². The topological polar surface area (TPSA) is 39.7 Å². The molecule has 4 rings (SSSR count). The summed E-state index contributed by atoms with van der Waals surface area (Å²) in [4.78, 5) is 5.27. The molecule has 0 aliphatic carbocycles. The Kier molecular flexibility index (Phi) is 9.65. The van der Waals surface area contributed by atoms with Gasteiger partial charge in [-0.2, -0.15) is 5.48 Å². The number of hydrogen-bond donors (Lipinski definition) is 1. The van der Waals surface area contributed by atoms with Gasteiger partial charge in [-0.15, -0.1) is 0 Å². The molecule has 2 heterocycles.